The number of hydrogen-bond acceptors (Lipinski definition) is 4. The summed E-state index contributed by atoms with van der Waals surface area (Å²) >= 11 is 0. The number of aryl methyl sites for hydroxylation is 1. The molecule has 0 spiro atoms. The maximum Gasteiger partial charge on any atom is 0.253 e. The summed E-state index contributed by atoms with van der Waals surface area (Å²) in [4.78, 5) is 10.6. The van der Waals surface area contributed by atoms with Gasteiger partial charge in [0, 0.05) is 24.8 Å². The molecule has 0 bridgehead atoms. The van der Waals surface area contributed by atoms with E-state index in [4.69, 9.17) is 7.85 Å². The molecule has 0 fully saturated rings. The molecule has 2 heterocycles. The van der Waals surface area contributed by atoms with Crippen LogP contribution in [0, 0.1) is 6.92 Å². The molecular formula is C10H14BN5. The van der Waals surface area contributed by atoms with E-state index in [9.17, 15) is 0 Å². The maximum absolute atomic E-state index is 5.59. The van der Waals surface area contributed by atoms with E-state index >= 15 is 0 Å². The summed E-state index contributed by atoms with van der Waals surface area (Å²) in [6.45, 7) is 7.97. The zero-order valence-corrected chi connectivity index (χ0v) is 9.80. The molecular weight excluding hydrogens is 201 g/mol. The highest BCUT2D eigenvalue weighted by atomic mass is 15.4. The number of nitrogens with zero attached hydrogens (tertiary/aromatic N) is 5. The van der Waals surface area contributed by atoms with Crippen LogP contribution in [0.2, 0.25) is 0 Å². The van der Waals surface area contributed by atoms with Gasteiger partial charge in [0.2, 0.25) is 0 Å². The molecule has 82 valence electrons. The highest BCUT2D eigenvalue weighted by Crippen LogP contribution is 2.14. The number of hydrogen-bond donors (Lipinski definition) is 0. The molecule has 0 aliphatic heterocycles. The topological polar surface area (TPSA) is 46.3 Å². The second-order valence-corrected chi connectivity index (χ2v) is 3.61. The lowest BCUT2D eigenvalue weighted by Gasteiger charge is -2.21. The van der Waals surface area contributed by atoms with Crippen molar-refractivity contribution in [3.8, 4) is 0 Å². The predicted molar refractivity (Wildman–Crippen MR) is 64.5 cm³/mol. The lowest BCUT2D eigenvalue weighted by molar-refractivity contribution is 0.798. The first kappa shape index (κ1) is 10.9. The summed E-state index contributed by atoms with van der Waals surface area (Å²) in [7, 11) is 5.59. The molecule has 0 atom stereocenters. The summed E-state index contributed by atoms with van der Waals surface area (Å²) in [6.07, 6.45) is 0. The molecule has 0 amide bonds. The fraction of sp³-hybridized carbons (Fsp3) is 0.500. The third-order valence-electron chi connectivity index (χ3n) is 2.53. The van der Waals surface area contributed by atoms with E-state index in [-0.39, 0.29) is 5.72 Å². The molecule has 0 saturated heterocycles. The minimum absolute atomic E-state index is 0.256. The normalized spacial score (nSPS) is 10.9. The highest BCUT2D eigenvalue weighted by molar-refractivity contribution is 6.29. The summed E-state index contributed by atoms with van der Waals surface area (Å²) in [5, 5.41) is 4.15. The molecule has 2 aromatic heterocycles. The van der Waals surface area contributed by atoms with Gasteiger partial charge in [0.05, 0.1) is 5.72 Å². The molecule has 0 N–H and O–H groups in total. The van der Waals surface area contributed by atoms with Crippen LogP contribution in [-0.2, 0) is 0 Å². The van der Waals surface area contributed by atoms with Crippen molar-refractivity contribution in [2.75, 3.05) is 18.0 Å². The van der Waals surface area contributed by atoms with Crippen LogP contribution in [0.4, 0.5) is 5.82 Å². The van der Waals surface area contributed by atoms with Gasteiger partial charge in [-0.25, -0.2) is 9.97 Å². The van der Waals surface area contributed by atoms with Gasteiger partial charge in [-0.3, -0.25) is 0 Å². The molecule has 5 nitrogen and oxygen atoms in total. The first-order valence-corrected chi connectivity index (χ1v) is 5.40. The maximum atomic E-state index is 5.59. The molecule has 2 aromatic rings. The molecule has 0 saturated carbocycles. The second kappa shape index (κ2) is 4.12. The van der Waals surface area contributed by atoms with Crippen molar-refractivity contribution in [3.63, 3.8) is 0 Å². The fourth-order valence-electron chi connectivity index (χ4n) is 1.76. The lowest BCUT2D eigenvalue weighted by Crippen LogP contribution is -2.25. The van der Waals surface area contributed by atoms with Crippen LogP contribution in [0.25, 0.3) is 5.78 Å². The van der Waals surface area contributed by atoms with E-state index in [2.05, 4.69) is 33.8 Å². The summed E-state index contributed by atoms with van der Waals surface area (Å²) in [6, 6.07) is 1.99. The Morgan fingerprint density at radius 2 is 2.00 bits per heavy atom. The Kier molecular flexibility index (Phi) is 2.81. The van der Waals surface area contributed by atoms with Gasteiger partial charge in [-0.05, 0) is 20.8 Å². The summed E-state index contributed by atoms with van der Waals surface area (Å²) < 4.78 is 1.69. The van der Waals surface area contributed by atoms with Crippen molar-refractivity contribution in [1.82, 2.24) is 19.6 Å². The third-order valence-corrected chi connectivity index (χ3v) is 2.53. The lowest BCUT2D eigenvalue weighted by atomic mass is 10.1. The van der Waals surface area contributed by atoms with Crippen LogP contribution in [0.5, 0.6) is 0 Å². The molecule has 0 aromatic carbocycles. The van der Waals surface area contributed by atoms with Crippen LogP contribution in [0.1, 0.15) is 19.5 Å². The predicted octanol–water partition coefficient (Wildman–Crippen LogP) is 0.0727. The van der Waals surface area contributed by atoms with Crippen LogP contribution in [-0.4, -0.2) is 40.5 Å². The molecule has 6 heteroatoms. The summed E-state index contributed by atoms with van der Waals surface area (Å²) in [5.41, 5.74) is 1.17. The minimum atomic E-state index is 0.256. The van der Waals surface area contributed by atoms with E-state index in [1.54, 1.807) is 4.52 Å². The van der Waals surface area contributed by atoms with E-state index in [1.807, 2.05) is 13.0 Å². The SMILES string of the molecule is [B]c1nc2nc(C)cc(N(CC)CC)n2n1. The third kappa shape index (κ3) is 1.75. The Hall–Kier alpha value is -1.59. The smallest absolute Gasteiger partial charge is 0.253 e. The first-order valence-electron chi connectivity index (χ1n) is 5.40. The molecule has 2 radical (unpaired) electrons. The second-order valence-electron chi connectivity index (χ2n) is 3.61. The molecule has 16 heavy (non-hydrogen) atoms. The Balaban J connectivity index is 2.66. The van der Waals surface area contributed by atoms with Crippen LogP contribution in [0.3, 0.4) is 0 Å². The van der Waals surface area contributed by atoms with E-state index < -0.39 is 0 Å². The van der Waals surface area contributed by atoms with Gasteiger partial charge in [0.15, 0.2) is 7.85 Å². The number of anilines is 1. The fourth-order valence-corrected chi connectivity index (χ4v) is 1.76. The van der Waals surface area contributed by atoms with Gasteiger partial charge in [0.1, 0.15) is 5.82 Å². The van der Waals surface area contributed by atoms with Gasteiger partial charge < -0.3 is 4.90 Å². The van der Waals surface area contributed by atoms with Gasteiger partial charge in [-0.1, -0.05) is 0 Å². The van der Waals surface area contributed by atoms with E-state index in [0.717, 1.165) is 24.6 Å². The Morgan fingerprint density at radius 1 is 1.31 bits per heavy atom. The van der Waals surface area contributed by atoms with Crippen molar-refractivity contribution in [3.05, 3.63) is 11.8 Å². The highest BCUT2D eigenvalue weighted by Gasteiger charge is 2.11. The number of fused-ring (bicyclic) bond motifs is 1. The zero-order valence-electron chi connectivity index (χ0n) is 9.80. The zero-order chi connectivity index (χ0) is 11.7. The molecule has 0 aliphatic rings. The van der Waals surface area contributed by atoms with Crippen molar-refractivity contribution in [1.29, 1.82) is 0 Å². The van der Waals surface area contributed by atoms with Gasteiger partial charge in [-0.2, -0.15) is 9.61 Å². The first-order chi connectivity index (χ1) is 7.65. The average Bonchev–Trinajstić information content (AvgIpc) is 2.60. The van der Waals surface area contributed by atoms with Gasteiger partial charge in [0.25, 0.3) is 5.78 Å². The largest absolute Gasteiger partial charge is 0.357 e. The summed E-state index contributed by atoms with van der Waals surface area (Å²) in [5.74, 6) is 1.54. The number of rotatable bonds is 3. The van der Waals surface area contributed by atoms with Crippen LogP contribution >= 0.6 is 0 Å². The van der Waals surface area contributed by atoms with Crippen molar-refractivity contribution in [2.45, 2.75) is 20.8 Å². The van der Waals surface area contributed by atoms with E-state index in [0.29, 0.717) is 5.78 Å². The number of aromatic nitrogens is 4. The average molecular weight is 215 g/mol. The van der Waals surface area contributed by atoms with Crippen molar-refractivity contribution in [2.24, 2.45) is 0 Å². The van der Waals surface area contributed by atoms with E-state index in [1.165, 1.54) is 0 Å². The molecule has 2 rings (SSSR count). The minimum Gasteiger partial charge on any atom is -0.357 e. The Morgan fingerprint density at radius 3 is 2.62 bits per heavy atom. The van der Waals surface area contributed by atoms with Crippen LogP contribution in [0.15, 0.2) is 6.07 Å². The van der Waals surface area contributed by atoms with Crippen LogP contribution < -0.4 is 10.6 Å². The Bertz CT molecular complexity index is 503. The van der Waals surface area contributed by atoms with Gasteiger partial charge >= 0.3 is 0 Å². The Labute approximate surface area is 95.9 Å². The standard InChI is InChI=1S/C10H14BN5/c1-4-15(5-2)8-6-7(3)12-10-13-9(11)14-16(8)10/h6H,4-5H2,1-3H3. The monoisotopic (exact) mass is 215 g/mol. The van der Waals surface area contributed by atoms with Gasteiger partial charge in [-0.15, -0.1) is 0 Å². The molecule has 0 unspecified atom stereocenters. The quantitative estimate of drug-likeness (QED) is 0.680. The van der Waals surface area contributed by atoms with Crippen molar-refractivity contribution < 1.29 is 0 Å². The molecule has 0 aliphatic carbocycles. The van der Waals surface area contributed by atoms with Crippen molar-refractivity contribution >= 4 is 25.2 Å².